The van der Waals surface area contributed by atoms with Gasteiger partial charge >= 0.3 is 11.7 Å². The van der Waals surface area contributed by atoms with Crippen molar-refractivity contribution in [2.45, 2.75) is 6.92 Å². The van der Waals surface area contributed by atoms with Gasteiger partial charge in [0.1, 0.15) is 0 Å². The lowest BCUT2D eigenvalue weighted by atomic mass is 10.2. The van der Waals surface area contributed by atoms with Gasteiger partial charge in [-0.25, -0.2) is 4.79 Å². The van der Waals surface area contributed by atoms with E-state index in [9.17, 15) is 19.7 Å². The number of ether oxygens (including phenoxy) is 2. The molecule has 0 aliphatic heterocycles. The Hall–Kier alpha value is -2.94. The largest absolute Gasteiger partial charge is 0.490 e. The minimum atomic E-state index is -0.853. The lowest BCUT2D eigenvalue weighted by Crippen LogP contribution is -2.21. The summed E-state index contributed by atoms with van der Waals surface area (Å²) in [5.74, 6) is -1.37. The molecule has 8 nitrogen and oxygen atoms in total. The maximum Gasteiger partial charge on any atom is 0.338 e. The zero-order valence-corrected chi connectivity index (χ0v) is 15.5. The highest BCUT2D eigenvalue weighted by Gasteiger charge is 2.19. The molecule has 1 N–H and O–H groups in total. The summed E-state index contributed by atoms with van der Waals surface area (Å²) in [4.78, 5) is 34.3. The van der Waals surface area contributed by atoms with Crippen LogP contribution in [-0.2, 0) is 9.53 Å². The fourth-order valence-corrected chi connectivity index (χ4v) is 2.67. The summed E-state index contributed by atoms with van der Waals surface area (Å²) in [5, 5.41) is 13.6. The molecule has 136 valence electrons. The maximum atomic E-state index is 12.0. The third kappa shape index (κ3) is 4.79. The third-order valence-corrected chi connectivity index (χ3v) is 4.00. The highest BCUT2D eigenvalue weighted by Crippen LogP contribution is 2.28. The molecule has 2 aromatic carbocycles. The molecule has 2 rings (SSSR count). The van der Waals surface area contributed by atoms with Crippen LogP contribution in [0.1, 0.15) is 15.9 Å². The number of hydrogen-bond acceptors (Lipinski definition) is 6. The van der Waals surface area contributed by atoms with Crippen LogP contribution < -0.4 is 10.1 Å². The number of esters is 1. The normalized spacial score (nSPS) is 10.1. The second-order valence-electron chi connectivity index (χ2n) is 5.25. The number of nitrogens with zero attached hydrogens (tertiary/aromatic N) is 1. The molecule has 0 heterocycles. The van der Waals surface area contributed by atoms with Gasteiger partial charge in [0.05, 0.1) is 23.3 Å². The average Bonchev–Trinajstić information content (AvgIpc) is 2.61. The lowest BCUT2D eigenvalue weighted by molar-refractivity contribution is -0.385. The van der Waals surface area contributed by atoms with Gasteiger partial charge in [0.2, 0.25) is 0 Å². The van der Waals surface area contributed by atoms with Crippen molar-refractivity contribution < 1.29 is 24.0 Å². The molecule has 1 amide bonds. The number of amides is 1. The number of anilines is 1. The summed E-state index contributed by atoms with van der Waals surface area (Å²) < 4.78 is 10.5. The Morgan fingerprint density at radius 3 is 2.58 bits per heavy atom. The topological polar surface area (TPSA) is 108 Å². The monoisotopic (exact) mass is 422 g/mol. The van der Waals surface area contributed by atoms with E-state index in [0.717, 1.165) is 11.6 Å². The molecule has 0 bridgehead atoms. The second kappa shape index (κ2) is 8.43. The molecular weight excluding hydrogens is 408 g/mol. The number of benzene rings is 2. The van der Waals surface area contributed by atoms with Crippen LogP contribution in [0.4, 0.5) is 11.4 Å². The van der Waals surface area contributed by atoms with Gasteiger partial charge in [-0.05, 0) is 52.7 Å². The van der Waals surface area contributed by atoms with Crippen LogP contribution in [0.5, 0.6) is 5.75 Å². The Labute approximate surface area is 157 Å². The molecule has 0 radical (unpaired) electrons. The average molecular weight is 423 g/mol. The first kappa shape index (κ1) is 19.4. The van der Waals surface area contributed by atoms with Gasteiger partial charge in [-0.3, -0.25) is 14.9 Å². The minimum absolute atomic E-state index is 0.0218. The van der Waals surface area contributed by atoms with Crippen LogP contribution >= 0.6 is 15.9 Å². The predicted molar refractivity (Wildman–Crippen MR) is 97.4 cm³/mol. The molecule has 0 aliphatic carbocycles. The number of carbonyl (C=O) groups excluding carboxylic acids is 2. The first-order valence-corrected chi connectivity index (χ1v) is 8.16. The molecule has 26 heavy (non-hydrogen) atoms. The molecule has 9 heteroatoms. The van der Waals surface area contributed by atoms with E-state index in [-0.39, 0.29) is 17.0 Å². The molecule has 0 aliphatic rings. The Bertz CT molecular complexity index is 868. The Balaban J connectivity index is 2.00. The summed E-state index contributed by atoms with van der Waals surface area (Å²) in [6.07, 6.45) is 0. The van der Waals surface area contributed by atoms with Crippen molar-refractivity contribution >= 4 is 39.2 Å². The summed E-state index contributed by atoms with van der Waals surface area (Å²) in [5.41, 5.74) is 1.14. The number of hydrogen-bond donors (Lipinski definition) is 1. The highest BCUT2D eigenvalue weighted by molar-refractivity contribution is 9.10. The zero-order chi connectivity index (χ0) is 19.3. The summed E-state index contributed by atoms with van der Waals surface area (Å²) in [6, 6.07) is 9.02. The number of nitro groups is 1. The number of halogens is 1. The zero-order valence-electron chi connectivity index (χ0n) is 13.9. The van der Waals surface area contributed by atoms with Crippen LogP contribution in [-0.4, -0.2) is 30.5 Å². The van der Waals surface area contributed by atoms with Crippen LogP contribution in [0.2, 0.25) is 0 Å². The van der Waals surface area contributed by atoms with E-state index in [1.54, 1.807) is 6.07 Å². The standard InChI is InChI=1S/C17H15BrN2O6/c1-10-3-5-13(12(18)7-10)19-16(21)9-26-17(22)11-4-6-15(25-2)14(8-11)20(23)24/h3-8H,9H2,1-2H3,(H,19,21). The summed E-state index contributed by atoms with van der Waals surface area (Å²) >= 11 is 3.33. The maximum absolute atomic E-state index is 12.0. The Morgan fingerprint density at radius 2 is 1.96 bits per heavy atom. The van der Waals surface area contributed by atoms with Crippen LogP contribution in [0.15, 0.2) is 40.9 Å². The smallest absolute Gasteiger partial charge is 0.338 e. The second-order valence-corrected chi connectivity index (χ2v) is 6.11. The van der Waals surface area contributed by atoms with E-state index in [4.69, 9.17) is 9.47 Å². The fourth-order valence-electron chi connectivity index (χ4n) is 2.08. The van der Waals surface area contributed by atoms with Gasteiger partial charge < -0.3 is 14.8 Å². The fraction of sp³-hybridized carbons (Fsp3) is 0.176. The molecule has 0 saturated heterocycles. The summed E-state index contributed by atoms with van der Waals surface area (Å²) in [7, 11) is 1.29. The molecule has 0 saturated carbocycles. The van der Waals surface area contributed by atoms with Crippen molar-refractivity contribution in [3.05, 3.63) is 62.1 Å². The number of rotatable bonds is 6. The van der Waals surface area contributed by atoms with Crippen molar-refractivity contribution in [3.8, 4) is 5.75 Å². The first-order valence-electron chi connectivity index (χ1n) is 7.37. The molecule has 2 aromatic rings. The minimum Gasteiger partial charge on any atom is -0.490 e. The van der Waals surface area contributed by atoms with Crippen LogP contribution in [0, 0.1) is 17.0 Å². The van der Waals surface area contributed by atoms with E-state index in [0.29, 0.717) is 10.2 Å². The highest BCUT2D eigenvalue weighted by atomic mass is 79.9. The van der Waals surface area contributed by atoms with E-state index >= 15 is 0 Å². The van der Waals surface area contributed by atoms with E-state index in [1.165, 1.54) is 19.2 Å². The van der Waals surface area contributed by atoms with E-state index in [1.807, 2.05) is 19.1 Å². The third-order valence-electron chi connectivity index (χ3n) is 3.34. The quantitative estimate of drug-likeness (QED) is 0.433. The van der Waals surface area contributed by atoms with Crippen molar-refractivity contribution in [2.24, 2.45) is 0 Å². The molecular formula is C17H15BrN2O6. The van der Waals surface area contributed by atoms with Crippen molar-refractivity contribution in [3.63, 3.8) is 0 Å². The predicted octanol–water partition coefficient (Wildman–Crippen LogP) is 3.47. The van der Waals surface area contributed by atoms with Gasteiger partial charge in [-0.2, -0.15) is 0 Å². The molecule has 0 spiro atoms. The summed E-state index contributed by atoms with van der Waals surface area (Å²) in [6.45, 7) is 1.38. The first-order chi connectivity index (χ1) is 12.3. The Morgan fingerprint density at radius 1 is 1.23 bits per heavy atom. The molecule has 0 aromatic heterocycles. The van der Waals surface area contributed by atoms with Gasteiger partial charge in [0.15, 0.2) is 12.4 Å². The van der Waals surface area contributed by atoms with Crippen molar-refractivity contribution in [2.75, 3.05) is 19.0 Å². The number of nitrogens with one attached hydrogen (secondary N) is 1. The Kier molecular flexibility index (Phi) is 6.29. The van der Waals surface area contributed by atoms with E-state index in [2.05, 4.69) is 21.2 Å². The molecule has 0 unspecified atom stereocenters. The van der Waals surface area contributed by atoms with Crippen LogP contribution in [0.3, 0.4) is 0 Å². The number of aryl methyl sites for hydroxylation is 1. The van der Waals surface area contributed by atoms with Crippen LogP contribution in [0.25, 0.3) is 0 Å². The SMILES string of the molecule is COc1ccc(C(=O)OCC(=O)Nc2ccc(C)cc2Br)cc1[N+](=O)[O-]. The van der Waals surface area contributed by atoms with E-state index < -0.39 is 23.4 Å². The number of nitro benzene ring substituents is 1. The molecule has 0 fully saturated rings. The van der Waals surface area contributed by atoms with Gasteiger partial charge in [0.25, 0.3) is 5.91 Å². The van der Waals surface area contributed by atoms with Crippen molar-refractivity contribution in [1.82, 2.24) is 0 Å². The van der Waals surface area contributed by atoms with Gasteiger partial charge in [0, 0.05) is 10.5 Å². The lowest BCUT2D eigenvalue weighted by Gasteiger charge is -2.09. The van der Waals surface area contributed by atoms with Gasteiger partial charge in [-0.1, -0.05) is 6.07 Å². The van der Waals surface area contributed by atoms with Crippen molar-refractivity contribution in [1.29, 1.82) is 0 Å². The molecule has 0 atom stereocenters. The number of carbonyl (C=O) groups is 2. The number of methoxy groups -OCH3 is 1. The van der Waals surface area contributed by atoms with Gasteiger partial charge in [-0.15, -0.1) is 0 Å².